The van der Waals surface area contributed by atoms with Gasteiger partial charge in [-0.3, -0.25) is 14.4 Å². The SMILES string of the molecule is CCOC(=O)C(=O)CC(NC(=O)[C@@H](CC(C)C)n1cc(C2CCN(C)CC2)c(C(F)(F)F)cc1=O)c1cc2c(c(-c3c(C)cc(F)cc3C)c1)CCC2. The fourth-order valence-electron chi connectivity index (χ4n) is 7.98. The topological polar surface area (TPSA) is 97.7 Å². The van der Waals surface area contributed by atoms with E-state index >= 15 is 0 Å². The minimum atomic E-state index is -4.77. The molecule has 286 valence electrons. The lowest BCUT2D eigenvalue weighted by atomic mass is 9.86. The van der Waals surface area contributed by atoms with Gasteiger partial charge in [-0.1, -0.05) is 19.9 Å². The number of aryl methyl sites for hydroxylation is 3. The summed E-state index contributed by atoms with van der Waals surface area (Å²) in [6.45, 7) is 10.1. The fraction of sp³-hybridized carbons (Fsp3) is 0.512. The highest BCUT2D eigenvalue weighted by Gasteiger charge is 2.38. The summed E-state index contributed by atoms with van der Waals surface area (Å²) in [5.74, 6) is -3.58. The molecule has 5 rings (SSSR count). The number of halogens is 4. The molecule has 1 saturated heterocycles. The average Bonchev–Trinajstić information content (AvgIpc) is 3.55. The van der Waals surface area contributed by atoms with Gasteiger partial charge >= 0.3 is 12.1 Å². The van der Waals surface area contributed by atoms with E-state index in [2.05, 4.69) is 5.32 Å². The molecule has 1 fully saturated rings. The van der Waals surface area contributed by atoms with Crippen LogP contribution < -0.4 is 10.9 Å². The second-order valence-corrected chi connectivity index (χ2v) is 15.0. The molecular formula is C41H49F4N3O5. The number of alkyl halides is 3. The number of amides is 1. The zero-order valence-corrected chi connectivity index (χ0v) is 31.3. The molecule has 2 aliphatic rings. The first kappa shape index (κ1) is 39.9. The van der Waals surface area contributed by atoms with Crippen molar-refractivity contribution in [2.75, 3.05) is 26.7 Å². The molecule has 1 unspecified atom stereocenters. The highest BCUT2D eigenvalue weighted by atomic mass is 19.4. The molecule has 8 nitrogen and oxygen atoms in total. The van der Waals surface area contributed by atoms with Crippen LogP contribution in [0.5, 0.6) is 0 Å². The number of carbonyl (C=O) groups excluding carboxylic acids is 3. The summed E-state index contributed by atoms with van der Waals surface area (Å²) in [5.41, 5.74) is 3.76. The number of Topliss-reactive ketones (excluding diaryl/α,β-unsaturated/α-hetero) is 1. The summed E-state index contributed by atoms with van der Waals surface area (Å²) >= 11 is 0. The van der Waals surface area contributed by atoms with E-state index in [0.717, 1.165) is 57.2 Å². The Bertz CT molecular complexity index is 1900. The number of fused-ring (bicyclic) bond motifs is 1. The van der Waals surface area contributed by atoms with Crippen LogP contribution in [0.4, 0.5) is 17.6 Å². The predicted molar refractivity (Wildman–Crippen MR) is 194 cm³/mol. The number of nitrogens with zero attached hydrogens (tertiary/aromatic N) is 2. The Morgan fingerprint density at radius 3 is 2.26 bits per heavy atom. The molecule has 0 radical (unpaired) electrons. The van der Waals surface area contributed by atoms with Crippen LogP contribution in [0.2, 0.25) is 0 Å². The Morgan fingerprint density at radius 1 is 1.00 bits per heavy atom. The molecule has 1 amide bonds. The molecule has 0 saturated carbocycles. The van der Waals surface area contributed by atoms with Gasteiger partial charge in [0.15, 0.2) is 0 Å². The van der Waals surface area contributed by atoms with Crippen LogP contribution in [0, 0.1) is 25.6 Å². The minimum Gasteiger partial charge on any atom is -0.460 e. The van der Waals surface area contributed by atoms with E-state index in [0.29, 0.717) is 37.6 Å². The Morgan fingerprint density at radius 2 is 1.66 bits per heavy atom. The van der Waals surface area contributed by atoms with Gasteiger partial charge in [0.25, 0.3) is 5.56 Å². The van der Waals surface area contributed by atoms with Crippen LogP contribution in [-0.2, 0) is 38.1 Å². The van der Waals surface area contributed by atoms with Gasteiger partial charge < -0.3 is 19.5 Å². The number of piperidine rings is 1. The van der Waals surface area contributed by atoms with Crippen LogP contribution in [0.3, 0.4) is 0 Å². The Labute approximate surface area is 307 Å². The van der Waals surface area contributed by atoms with E-state index < -0.39 is 59.4 Å². The van der Waals surface area contributed by atoms with Crippen LogP contribution in [0.25, 0.3) is 11.1 Å². The van der Waals surface area contributed by atoms with Crippen molar-refractivity contribution in [2.45, 2.75) is 104 Å². The molecule has 1 aliphatic carbocycles. The van der Waals surface area contributed by atoms with Gasteiger partial charge in [-0.15, -0.1) is 0 Å². The quantitative estimate of drug-likeness (QED) is 0.117. The number of ether oxygens (including phenoxy) is 1. The van der Waals surface area contributed by atoms with Crippen molar-refractivity contribution in [3.05, 3.63) is 91.6 Å². The van der Waals surface area contributed by atoms with Gasteiger partial charge in [0.2, 0.25) is 11.7 Å². The van der Waals surface area contributed by atoms with E-state index in [-0.39, 0.29) is 30.3 Å². The number of hydrogen-bond donors (Lipinski definition) is 1. The largest absolute Gasteiger partial charge is 0.460 e. The molecule has 1 aliphatic heterocycles. The van der Waals surface area contributed by atoms with Crippen LogP contribution in [0.1, 0.15) is 110 Å². The molecule has 2 aromatic carbocycles. The Kier molecular flexibility index (Phi) is 12.3. The zero-order chi connectivity index (χ0) is 38.8. The van der Waals surface area contributed by atoms with E-state index in [1.807, 2.05) is 51.8 Å². The maximum Gasteiger partial charge on any atom is 0.416 e. The maximum atomic E-state index is 14.5. The lowest BCUT2D eigenvalue weighted by molar-refractivity contribution is -0.153. The third kappa shape index (κ3) is 9.08. The zero-order valence-electron chi connectivity index (χ0n) is 31.3. The van der Waals surface area contributed by atoms with Crippen molar-refractivity contribution in [1.82, 2.24) is 14.8 Å². The van der Waals surface area contributed by atoms with Gasteiger partial charge in [0.1, 0.15) is 11.9 Å². The average molecular weight is 740 g/mol. The number of benzene rings is 2. The molecule has 2 atom stereocenters. The highest BCUT2D eigenvalue weighted by Crippen LogP contribution is 2.41. The number of rotatable bonds is 12. The number of carbonyl (C=O) groups is 3. The Balaban J connectivity index is 1.61. The lowest BCUT2D eigenvalue weighted by Gasteiger charge is -2.32. The molecule has 3 aromatic rings. The van der Waals surface area contributed by atoms with Crippen molar-refractivity contribution in [1.29, 1.82) is 0 Å². The maximum absolute atomic E-state index is 14.5. The first-order valence-corrected chi connectivity index (χ1v) is 18.4. The van der Waals surface area contributed by atoms with Crippen LogP contribution >= 0.6 is 0 Å². The first-order chi connectivity index (χ1) is 25.0. The summed E-state index contributed by atoms with van der Waals surface area (Å²) in [5, 5.41) is 2.93. The molecule has 1 aromatic heterocycles. The van der Waals surface area contributed by atoms with Crippen molar-refractivity contribution in [2.24, 2.45) is 5.92 Å². The number of esters is 1. The number of pyridine rings is 1. The summed E-state index contributed by atoms with van der Waals surface area (Å²) in [7, 11) is 1.90. The lowest BCUT2D eigenvalue weighted by Crippen LogP contribution is -2.41. The fourth-order valence-corrected chi connectivity index (χ4v) is 7.98. The van der Waals surface area contributed by atoms with E-state index in [4.69, 9.17) is 4.74 Å². The van der Waals surface area contributed by atoms with Crippen LogP contribution in [-0.4, -0.2) is 53.9 Å². The predicted octanol–water partition coefficient (Wildman–Crippen LogP) is 7.55. The number of ketones is 1. The molecule has 53 heavy (non-hydrogen) atoms. The summed E-state index contributed by atoms with van der Waals surface area (Å²) in [6.07, 6.45) is -0.581. The second-order valence-electron chi connectivity index (χ2n) is 15.0. The summed E-state index contributed by atoms with van der Waals surface area (Å²) < 4.78 is 63.5. The van der Waals surface area contributed by atoms with Gasteiger partial charge in [-0.05, 0) is 154 Å². The van der Waals surface area contributed by atoms with Crippen molar-refractivity contribution >= 4 is 17.7 Å². The monoisotopic (exact) mass is 739 g/mol. The highest BCUT2D eigenvalue weighted by molar-refractivity contribution is 6.33. The second kappa shape index (κ2) is 16.4. The molecule has 0 bridgehead atoms. The molecule has 12 heteroatoms. The minimum absolute atomic E-state index is 0.0194. The van der Waals surface area contributed by atoms with Gasteiger partial charge in [-0.25, -0.2) is 9.18 Å². The number of aromatic nitrogens is 1. The number of hydrogen-bond acceptors (Lipinski definition) is 6. The number of nitrogens with one attached hydrogen (secondary N) is 1. The third-order valence-electron chi connectivity index (χ3n) is 10.5. The van der Waals surface area contributed by atoms with Gasteiger partial charge in [-0.2, -0.15) is 13.2 Å². The first-order valence-electron chi connectivity index (χ1n) is 18.4. The standard InChI is InChI=1S/C41H49F4N3O5/c1-7-53-40(52)36(49)21-34(28-18-27-9-8-10-30(27)31(19-28)38-24(4)16-29(42)17-25(38)5)46-39(51)35(15-23(2)3)48-22-32(26-11-13-47(6)14-12-26)33(20-37(48)50)41(43,44)45/h16-20,22-23,26,34-35H,7-15,21H2,1-6H3,(H,46,51)/t34?,35-/m1/s1. The summed E-state index contributed by atoms with van der Waals surface area (Å²) in [6, 6.07) is 5.00. The van der Waals surface area contributed by atoms with Crippen molar-refractivity contribution < 1.29 is 36.7 Å². The van der Waals surface area contributed by atoms with E-state index in [1.165, 1.54) is 18.3 Å². The van der Waals surface area contributed by atoms with E-state index in [9.17, 15) is 36.7 Å². The van der Waals surface area contributed by atoms with Gasteiger partial charge in [0, 0.05) is 18.7 Å². The van der Waals surface area contributed by atoms with Crippen molar-refractivity contribution in [3.63, 3.8) is 0 Å². The molecular weight excluding hydrogens is 690 g/mol. The summed E-state index contributed by atoms with van der Waals surface area (Å²) in [4.78, 5) is 55.9. The van der Waals surface area contributed by atoms with Crippen LogP contribution in [0.15, 0.2) is 41.3 Å². The molecule has 2 heterocycles. The molecule has 1 N–H and O–H groups in total. The third-order valence-corrected chi connectivity index (χ3v) is 10.5. The van der Waals surface area contributed by atoms with Gasteiger partial charge in [0.05, 0.1) is 18.2 Å². The smallest absolute Gasteiger partial charge is 0.416 e. The normalized spacial score (nSPS) is 16.4. The molecule has 0 spiro atoms. The van der Waals surface area contributed by atoms with Crippen molar-refractivity contribution in [3.8, 4) is 11.1 Å². The Hall–Kier alpha value is -4.32. The number of likely N-dealkylation sites (tertiary alicyclic amines) is 1. The van der Waals surface area contributed by atoms with E-state index in [1.54, 1.807) is 6.92 Å².